The van der Waals surface area contributed by atoms with Crippen molar-refractivity contribution in [1.29, 1.82) is 0 Å². The lowest BCUT2D eigenvalue weighted by molar-refractivity contribution is -0.120. The van der Waals surface area contributed by atoms with E-state index in [9.17, 15) is 4.79 Å². The molecule has 1 atom stereocenters. The van der Waals surface area contributed by atoms with Gasteiger partial charge in [-0.15, -0.1) is 0 Å². The summed E-state index contributed by atoms with van der Waals surface area (Å²) in [5.74, 6) is 0.708. The van der Waals surface area contributed by atoms with Crippen molar-refractivity contribution in [2.75, 3.05) is 6.54 Å². The monoisotopic (exact) mass is 355 g/mol. The van der Waals surface area contributed by atoms with Crippen molar-refractivity contribution >= 4 is 5.91 Å². The van der Waals surface area contributed by atoms with Crippen molar-refractivity contribution in [1.82, 2.24) is 15.4 Å². The SMILES string of the molecule is Cc1noc(C)c1CC(=O)NCc1ccc(CN2CCCCC2C)cc1. The molecular formula is C21H29N3O2. The van der Waals surface area contributed by atoms with Crippen LogP contribution in [0.1, 0.15) is 54.3 Å². The van der Waals surface area contributed by atoms with Crippen LogP contribution in [0.15, 0.2) is 28.8 Å². The van der Waals surface area contributed by atoms with Gasteiger partial charge in [0.2, 0.25) is 5.91 Å². The molecular weight excluding hydrogens is 326 g/mol. The van der Waals surface area contributed by atoms with E-state index >= 15 is 0 Å². The largest absolute Gasteiger partial charge is 0.361 e. The summed E-state index contributed by atoms with van der Waals surface area (Å²) >= 11 is 0. The van der Waals surface area contributed by atoms with Gasteiger partial charge in [-0.1, -0.05) is 35.8 Å². The predicted molar refractivity (Wildman–Crippen MR) is 102 cm³/mol. The molecule has 2 aromatic rings. The number of carbonyl (C=O) groups is 1. The number of nitrogens with one attached hydrogen (secondary N) is 1. The lowest BCUT2D eigenvalue weighted by atomic mass is 10.0. The Morgan fingerprint density at radius 3 is 2.62 bits per heavy atom. The number of aryl methyl sites for hydroxylation is 2. The molecule has 1 amide bonds. The van der Waals surface area contributed by atoms with Crippen molar-refractivity contribution in [3.05, 3.63) is 52.4 Å². The van der Waals surface area contributed by atoms with Crippen molar-refractivity contribution < 1.29 is 9.32 Å². The highest BCUT2D eigenvalue weighted by Crippen LogP contribution is 2.19. The van der Waals surface area contributed by atoms with Crippen molar-refractivity contribution in [2.45, 2.75) is 65.6 Å². The van der Waals surface area contributed by atoms with Crippen LogP contribution in [0.3, 0.4) is 0 Å². The minimum absolute atomic E-state index is 0.00869. The van der Waals surface area contributed by atoms with E-state index in [2.05, 4.69) is 46.6 Å². The van der Waals surface area contributed by atoms with E-state index in [1.807, 2.05) is 13.8 Å². The third kappa shape index (κ3) is 4.73. The highest BCUT2D eigenvalue weighted by molar-refractivity contribution is 5.78. The fourth-order valence-electron chi connectivity index (χ4n) is 3.57. The van der Waals surface area contributed by atoms with Crippen LogP contribution in [-0.2, 0) is 24.3 Å². The molecule has 1 aromatic heterocycles. The van der Waals surface area contributed by atoms with E-state index in [0.717, 1.165) is 23.4 Å². The van der Waals surface area contributed by atoms with E-state index in [1.54, 1.807) is 0 Å². The van der Waals surface area contributed by atoms with Gasteiger partial charge in [-0.3, -0.25) is 9.69 Å². The van der Waals surface area contributed by atoms with Gasteiger partial charge in [-0.25, -0.2) is 0 Å². The molecule has 1 aromatic carbocycles. The molecule has 1 aliphatic rings. The number of nitrogens with zero attached hydrogens (tertiary/aromatic N) is 2. The second-order valence-electron chi connectivity index (χ2n) is 7.39. The Kier molecular flexibility index (Phi) is 6.09. The lowest BCUT2D eigenvalue weighted by Gasteiger charge is -2.33. The second kappa shape index (κ2) is 8.49. The quantitative estimate of drug-likeness (QED) is 0.861. The maximum absolute atomic E-state index is 12.2. The highest BCUT2D eigenvalue weighted by atomic mass is 16.5. The van der Waals surface area contributed by atoms with Crippen molar-refractivity contribution in [2.24, 2.45) is 0 Å². The Bertz CT molecular complexity index is 717. The van der Waals surface area contributed by atoms with Crippen LogP contribution < -0.4 is 5.32 Å². The van der Waals surface area contributed by atoms with E-state index in [-0.39, 0.29) is 5.91 Å². The van der Waals surface area contributed by atoms with E-state index in [0.29, 0.717) is 24.8 Å². The Balaban J connectivity index is 1.49. The standard InChI is InChI=1S/C21H29N3O2/c1-15-6-4-5-11-24(15)14-19-9-7-18(8-10-19)13-22-21(25)12-20-16(2)23-26-17(20)3/h7-10,15H,4-6,11-14H2,1-3H3,(H,22,25). The summed E-state index contributed by atoms with van der Waals surface area (Å²) in [6.07, 6.45) is 4.27. The molecule has 1 saturated heterocycles. The third-order valence-electron chi connectivity index (χ3n) is 5.36. The Morgan fingerprint density at radius 1 is 1.23 bits per heavy atom. The second-order valence-corrected chi connectivity index (χ2v) is 7.39. The molecule has 26 heavy (non-hydrogen) atoms. The van der Waals surface area contributed by atoms with Gasteiger partial charge in [0.05, 0.1) is 12.1 Å². The van der Waals surface area contributed by atoms with Crippen LogP contribution in [0.5, 0.6) is 0 Å². The Labute approximate surface area is 155 Å². The molecule has 1 unspecified atom stereocenters. The topological polar surface area (TPSA) is 58.4 Å². The predicted octanol–water partition coefficient (Wildman–Crippen LogP) is 3.52. The first-order valence-corrected chi connectivity index (χ1v) is 9.53. The van der Waals surface area contributed by atoms with Crippen molar-refractivity contribution in [3.63, 3.8) is 0 Å². The summed E-state index contributed by atoms with van der Waals surface area (Å²) in [5, 5.41) is 6.87. The molecule has 0 saturated carbocycles. The number of aromatic nitrogens is 1. The van der Waals surface area contributed by atoms with Gasteiger partial charge in [0, 0.05) is 24.7 Å². The van der Waals surface area contributed by atoms with Crippen LogP contribution in [0.2, 0.25) is 0 Å². The lowest BCUT2D eigenvalue weighted by Crippen LogP contribution is -2.36. The van der Waals surface area contributed by atoms with Gasteiger partial charge < -0.3 is 9.84 Å². The van der Waals surface area contributed by atoms with Gasteiger partial charge in [0.1, 0.15) is 5.76 Å². The first-order valence-electron chi connectivity index (χ1n) is 9.53. The Morgan fingerprint density at radius 2 is 1.96 bits per heavy atom. The number of hydrogen-bond donors (Lipinski definition) is 1. The van der Waals surface area contributed by atoms with Crippen molar-refractivity contribution in [3.8, 4) is 0 Å². The molecule has 0 radical (unpaired) electrons. The van der Waals surface area contributed by atoms with E-state index < -0.39 is 0 Å². The summed E-state index contributed by atoms with van der Waals surface area (Å²) < 4.78 is 5.11. The molecule has 3 rings (SSSR count). The molecule has 5 nitrogen and oxygen atoms in total. The van der Waals surface area contributed by atoms with Gasteiger partial charge in [0.15, 0.2) is 0 Å². The van der Waals surface area contributed by atoms with Crippen LogP contribution in [-0.4, -0.2) is 28.6 Å². The minimum Gasteiger partial charge on any atom is -0.361 e. The zero-order valence-corrected chi connectivity index (χ0v) is 16.0. The molecule has 0 aliphatic carbocycles. The van der Waals surface area contributed by atoms with E-state index in [4.69, 9.17) is 4.52 Å². The maximum atomic E-state index is 12.2. The first-order chi connectivity index (χ1) is 12.5. The summed E-state index contributed by atoms with van der Waals surface area (Å²) in [7, 11) is 0. The number of likely N-dealkylation sites (tertiary alicyclic amines) is 1. The molecule has 5 heteroatoms. The number of benzene rings is 1. The van der Waals surface area contributed by atoms with Gasteiger partial charge in [-0.05, 0) is 51.3 Å². The van der Waals surface area contributed by atoms with Crippen LogP contribution in [0, 0.1) is 13.8 Å². The van der Waals surface area contributed by atoms with Crippen LogP contribution in [0.4, 0.5) is 0 Å². The smallest absolute Gasteiger partial charge is 0.224 e. The molecule has 0 bridgehead atoms. The fraction of sp³-hybridized carbons (Fsp3) is 0.524. The average Bonchev–Trinajstić information content (AvgIpc) is 2.95. The third-order valence-corrected chi connectivity index (χ3v) is 5.36. The minimum atomic E-state index is -0.00869. The summed E-state index contributed by atoms with van der Waals surface area (Å²) in [4.78, 5) is 14.7. The normalized spacial score (nSPS) is 18.0. The number of amides is 1. The number of carbonyl (C=O) groups excluding carboxylic acids is 1. The zero-order valence-electron chi connectivity index (χ0n) is 16.0. The maximum Gasteiger partial charge on any atom is 0.224 e. The number of piperidine rings is 1. The van der Waals surface area contributed by atoms with Gasteiger partial charge in [-0.2, -0.15) is 0 Å². The highest BCUT2D eigenvalue weighted by Gasteiger charge is 2.18. The first kappa shape index (κ1) is 18.6. The number of hydrogen-bond acceptors (Lipinski definition) is 4. The molecule has 140 valence electrons. The summed E-state index contributed by atoms with van der Waals surface area (Å²) in [6, 6.07) is 9.25. The average molecular weight is 355 g/mol. The van der Waals surface area contributed by atoms with E-state index in [1.165, 1.54) is 31.4 Å². The summed E-state index contributed by atoms with van der Waals surface area (Å²) in [5.41, 5.74) is 4.12. The van der Waals surface area contributed by atoms with Crippen LogP contribution >= 0.6 is 0 Å². The van der Waals surface area contributed by atoms with Gasteiger partial charge in [0.25, 0.3) is 0 Å². The van der Waals surface area contributed by atoms with Crippen LogP contribution in [0.25, 0.3) is 0 Å². The Hall–Kier alpha value is -2.14. The summed E-state index contributed by atoms with van der Waals surface area (Å²) in [6.45, 7) is 8.77. The van der Waals surface area contributed by atoms with Gasteiger partial charge >= 0.3 is 0 Å². The molecule has 0 spiro atoms. The zero-order chi connectivity index (χ0) is 18.5. The molecule has 1 N–H and O–H groups in total. The molecule has 2 heterocycles. The molecule has 1 fully saturated rings. The molecule has 1 aliphatic heterocycles. The fourth-order valence-corrected chi connectivity index (χ4v) is 3.57. The number of rotatable bonds is 6.